The van der Waals surface area contributed by atoms with Crippen molar-refractivity contribution >= 4 is 5.97 Å². The van der Waals surface area contributed by atoms with Gasteiger partial charge in [0.1, 0.15) is 0 Å². The second-order valence-corrected chi connectivity index (χ2v) is 3.79. The molecule has 92 valence electrons. The normalized spacial score (nSPS) is 10.6. The van der Waals surface area contributed by atoms with Crippen molar-refractivity contribution in [2.24, 2.45) is 0 Å². The Morgan fingerprint density at radius 3 is 2.38 bits per heavy atom. The minimum atomic E-state index is -0.228. The molecule has 0 amide bonds. The summed E-state index contributed by atoms with van der Waals surface area (Å²) in [5.74, 6) is -0.228. The molecule has 0 fully saturated rings. The molecule has 0 saturated heterocycles. The van der Waals surface area contributed by atoms with Crippen LogP contribution in [0.2, 0.25) is 0 Å². The molecule has 0 saturated carbocycles. The zero-order valence-electron chi connectivity index (χ0n) is 10.4. The maximum Gasteiger partial charge on any atom is 0.330 e. The second-order valence-electron chi connectivity index (χ2n) is 3.79. The first-order valence-corrected chi connectivity index (χ1v) is 6.25. The first-order valence-electron chi connectivity index (χ1n) is 6.25. The van der Waals surface area contributed by atoms with E-state index in [0.29, 0.717) is 6.61 Å². The number of carbonyl (C=O) groups excluding carboxylic acids is 1. The Hall–Kier alpha value is -1.05. The molecule has 0 bridgehead atoms. The van der Waals surface area contributed by atoms with Crippen molar-refractivity contribution in [1.82, 2.24) is 0 Å². The van der Waals surface area contributed by atoms with E-state index in [1.807, 2.05) is 19.1 Å². The van der Waals surface area contributed by atoms with Gasteiger partial charge in [0.25, 0.3) is 0 Å². The summed E-state index contributed by atoms with van der Waals surface area (Å²) in [5.41, 5.74) is 0. The van der Waals surface area contributed by atoms with Gasteiger partial charge < -0.3 is 4.74 Å². The third-order valence-corrected chi connectivity index (χ3v) is 2.32. The summed E-state index contributed by atoms with van der Waals surface area (Å²) in [6.45, 7) is 5.96. The minimum Gasteiger partial charge on any atom is -0.463 e. The van der Waals surface area contributed by atoms with Crippen LogP contribution >= 0.6 is 0 Å². The van der Waals surface area contributed by atoms with E-state index in [0.717, 1.165) is 19.3 Å². The number of esters is 1. The molecule has 0 rings (SSSR count). The van der Waals surface area contributed by atoms with Crippen molar-refractivity contribution in [1.29, 1.82) is 0 Å². The van der Waals surface area contributed by atoms with E-state index in [9.17, 15) is 4.79 Å². The molecular formula is C14H24O2. The molecule has 0 atom stereocenters. The predicted octanol–water partition coefficient (Wildman–Crippen LogP) is 4.02. The van der Waals surface area contributed by atoms with Gasteiger partial charge in [0.15, 0.2) is 0 Å². The van der Waals surface area contributed by atoms with Gasteiger partial charge in [-0.2, -0.15) is 0 Å². The van der Waals surface area contributed by atoms with Crippen molar-refractivity contribution in [3.63, 3.8) is 0 Å². The molecule has 0 aromatic heterocycles. The quantitative estimate of drug-likeness (QED) is 0.242. The number of carbonyl (C=O) groups is 1. The molecule has 0 aromatic rings. The van der Waals surface area contributed by atoms with Gasteiger partial charge in [0, 0.05) is 6.08 Å². The lowest BCUT2D eigenvalue weighted by atomic mass is 10.1. The van der Waals surface area contributed by atoms with E-state index in [1.54, 1.807) is 0 Å². The fraction of sp³-hybridized carbons (Fsp3) is 0.643. The highest BCUT2D eigenvalue weighted by atomic mass is 16.5. The lowest BCUT2D eigenvalue weighted by Gasteiger charge is -1.98. The van der Waals surface area contributed by atoms with Crippen molar-refractivity contribution in [3.05, 3.63) is 24.8 Å². The molecule has 2 heteroatoms. The monoisotopic (exact) mass is 224 g/mol. The standard InChI is InChI=1S/C14H24O2/c1-3-5-6-7-8-9-10-11-12-13-14(15)16-4-2/h3,12-13H,1,4-11H2,2H3/b13-12-. The summed E-state index contributed by atoms with van der Waals surface area (Å²) >= 11 is 0. The molecule has 0 aliphatic heterocycles. The van der Waals surface area contributed by atoms with Crippen molar-refractivity contribution < 1.29 is 9.53 Å². The first-order chi connectivity index (χ1) is 7.81. The van der Waals surface area contributed by atoms with Gasteiger partial charge in [-0.3, -0.25) is 0 Å². The fourth-order valence-corrected chi connectivity index (χ4v) is 1.45. The number of rotatable bonds is 10. The SMILES string of the molecule is C=CCCCCCCC/C=C\C(=O)OCC. The molecule has 0 spiro atoms. The van der Waals surface area contributed by atoms with Gasteiger partial charge in [0.2, 0.25) is 0 Å². The molecule has 0 aliphatic rings. The van der Waals surface area contributed by atoms with E-state index in [2.05, 4.69) is 6.58 Å². The topological polar surface area (TPSA) is 26.3 Å². The predicted molar refractivity (Wildman–Crippen MR) is 68.3 cm³/mol. The van der Waals surface area contributed by atoms with Crippen molar-refractivity contribution in [2.45, 2.75) is 51.9 Å². The van der Waals surface area contributed by atoms with Crippen molar-refractivity contribution in [3.8, 4) is 0 Å². The Labute approximate surface area is 99.4 Å². The van der Waals surface area contributed by atoms with Crippen LogP contribution in [0.5, 0.6) is 0 Å². The fourth-order valence-electron chi connectivity index (χ4n) is 1.45. The van der Waals surface area contributed by atoms with Crippen LogP contribution in [0, 0.1) is 0 Å². The van der Waals surface area contributed by atoms with Crippen LogP contribution in [-0.4, -0.2) is 12.6 Å². The third kappa shape index (κ3) is 11.0. The molecule has 0 heterocycles. The Kier molecular flexibility index (Phi) is 11.2. The van der Waals surface area contributed by atoms with Gasteiger partial charge >= 0.3 is 5.97 Å². The maximum atomic E-state index is 10.9. The Balaban J connectivity index is 3.20. The first kappa shape index (κ1) is 14.9. The molecule has 2 nitrogen and oxygen atoms in total. The van der Waals surface area contributed by atoms with Gasteiger partial charge in [-0.05, 0) is 32.6 Å². The third-order valence-electron chi connectivity index (χ3n) is 2.32. The number of allylic oxidation sites excluding steroid dienone is 2. The average molecular weight is 224 g/mol. The second kappa shape index (κ2) is 12.0. The van der Waals surface area contributed by atoms with Crippen LogP contribution in [0.4, 0.5) is 0 Å². The zero-order valence-corrected chi connectivity index (χ0v) is 10.4. The number of ether oxygens (including phenoxy) is 1. The average Bonchev–Trinajstić information content (AvgIpc) is 2.27. The summed E-state index contributed by atoms with van der Waals surface area (Å²) in [6.07, 6.45) is 13.7. The molecule has 0 aliphatic carbocycles. The molecule has 0 radical (unpaired) electrons. The lowest BCUT2D eigenvalue weighted by molar-refractivity contribution is -0.137. The van der Waals surface area contributed by atoms with Crippen molar-refractivity contribution in [2.75, 3.05) is 6.61 Å². The van der Waals surface area contributed by atoms with Gasteiger partial charge in [0.05, 0.1) is 6.61 Å². The van der Waals surface area contributed by atoms with E-state index in [4.69, 9.17) is 4.74 Å². The molecular weight excluding hydrogens is 200 g/mol. The highest BCUT2D eigenvalue weighted by Gasteiger charge is 1.92. The van der Waals surface area contributed by atoms with Crippen LogP contribution in [0.15, 0.2) is 24.8 Å². The van der Waals surface area contributed by atoms with Crippen LogP contribution in [-0.2, 0) is 9.53 Å². The van der Waals surface area contributed by atoms with E-state index in [-0.39, 0.29) is 5.97 Å². The molecule has 16 heavy (non-hydrogen) atoms. The summed E-state index contributed by atoms with van der Waals surface area (Å²) in [7, 11) is 0. The highest BCUT2D eigenvalue weighted by Crippen LogP contribution is 2.07. The van der Waals surface area contributed by atoms with Gasteiger partial charge in [-0.1, -0.05) is 31.4 Å². The molecule has 0 unspecified atom stereocenters. The van der Waals surface area contributed by atoms with Crippen LogP contribution in [0.1, 0.15) is 51.9 Å². The Morgan fingerprint density at radius 2 is 1.75 bits per heavy atom. The minimum absolute atomic E-state index is 0.228. The summed E-state index contributed by atoms with van der Waals surface area (Å²) in [4.78, 5) is 10.9. The summed E-state index contributed by atoms with van der Waals surface area (Å²) in [6, 6.07) is 0. The smallest absolute Gasteiger partial charge is 0.330 e. The van der Waals surface area contributed by atoms with E-state index in [1.165, 1.54) is 31.8 Å². The number of hydrogen-bond donors (Lipinski definition) is 0. The zero-order chi connectivity index (χ0) is 12.1. The van der Waals surface area contributed by atoms with Gasteiger partial charge in [-0.15, -0.1) is 6.58 Å². The summed E-state index contributed by atoms with van der Waals surface area (Å²) in [5, 5.41) is 0. The van der Waals surface area contributed by atoms with Gasteiger partial charge in [-0.25, -0.2) is 4.79 Å². The van der Waals surface area contributed by atoms with Crippen LogP contribution in [0.3, 0.4) is 0 Å². The van der Waals surface area contributed by atoms with Crippen LogP contribution < -0.4 is 0 Å². The summed E-state index contributed by atoms with van der Waals surface area (Å²) < 4.78 is 4.78. The lowest BCUT2D eigenvalue weighted by Crippen LogP contribution is -1.98. The molecule has 0 aromatic carbocycles. The van der Waals surface area contributed by atoms with E-state index < -0.39 is 0 Å². The van der Waals surface area contributed by atoms with E-state index >= 15 is 0 Å². The maximum absolute atomic E-state index is 10.9. The number of hydrogen-bond acceptors (Lipinski definition) is 2. The van der Waals surface area contributed by atoms with Crippen LogP contribution in [0.25, 0.3) is 0 Å². The largest absolute Gasteiger partial charge is 0.463 e. The highest BCUT2D eigenvalue weighted by molar-refractivity contribution is 5.81. The Bertz CT molecular complexity index is 207. The number of unbranched alkanes of at least 4 members (excludes halogenated alkanes) is 6. The Morgan fingerprint density at radius 1 is 1.12 bits per heavy atom. The molecule has 0 N–H and O–H groups in total.